The third-order valence-corrected chi connectivity index (χ3v) is 4.58. The number of guanidine groups is 1. The number of fused-ring (bicyclic) bond motifs is 1. The molecule has 1 aliphatic heterocycles. The molecule has 3 rings (SSSR count). The minimum atomic E-state index is -0.0169. The molecule has 2 aromatic rings. The van der Waals surface area contributed by atoms with E-state index in [4.69, 9.17) is 0 Å². The van der Waals surface area contributed by atoms with Crippen LogP contribution in [0.25, 0.3) is 10.9 Å². The third-order valence-electron chi connectivity index (χ3n) is 4.58. The van der Waals surface area contributed by atoms with E-state index in [1.165, 1.54) is 0 Å². The summed E-state index contributed by atoms with van der Waals surface area (Å²) in [6.07, 6.45) is 4.69. The normalized spacial score (nSPS) is 17.5. The first kappa shape index (κ1) is 18.0. The number of rotatable bonds is 5. The maximum absolute atomic E-state index is 11.9. The second-order valence-corrected chi connectivity index (χ2v) is 6.63. The Balaban J connectivity index is 1.74. The lowest BCUT2D eigenvalue weighted by Crippen LogP contribution is -2.41. The third kappa shape index (κ3) is 3.87. The summed E-state index contributed by atoms with van der Waals surface area (Å²) in [6, 6.07) is 8.54. The number of carbonyl (C=O) groups is 1. The molecule has 1 aromatic carbocycles. The van der Waals surface area contributed by atoms with Crippen LogP contribution >= 0.6 is 0 Å². The number of carbonyl (C=O) groups excluding carboxylic acids is 1. The Kier molecular flexibility index (Phi) is 5.55. The molecule has 7 nitrogen and oxygen atoms in total. The average Bonchev–Trinajstić information content (AvgIpc) is 3.28. The van der Waals surface area contributed by atoms with Crippen LogP contribution in [0.2, 0.25) is 0 Å². The molecule has 0 saturated carbocycles. The molecule has 0 bridgehead atoms. The monoisotopic (exact) mass is 354 g/mol. The van der Waals surface area contributed by atoms with Gasteiger partial charge >= 0.3 is 0 Å². The molecule has 1 amide bonds. The molecule has 1 fully saturated rings. The molecule has 138 valence electrons. The van der Waals surface area contributed by atoms with Crippen molar-refractivity contribution in [3.8, 4) is 0 Å². The van der Waals surface area contributed by atoms with Gasteiger partial charge in [-0.1, -0.05) is 24.3 Å². The van der Waals surface area contributed by atoms with Crippen LogP contribution < -0.4 is 5.32 Å². The van der Waals surface area contributed by atoms with Gasteiger partial charge in [0.05, 0.1) is 17.8 Å². The second kappa shape index (κ2) is 8.03. The molecule has 7 heteroatoms. The highest BCUT2D eigenvalue weighted by Crippen LogP contribution is 2.25. The van der Waals surface area contributed by atoms with Crippen molar-refractivity contribution in [2.24, 2.45) is 4.99 Å². The van der Waals surface area contributed by atoms with Crippen LogP contribution in [0.5, 0.6) is 0 Å². The Morgan fingerprint density at radius 1 is 1.46 bits per heavy atom. The number of nitrogens with one attached hydrogen (secondary N) is 1. The molecule has 1 unspecified atom stereocenters. The van der Waals surface area contributed by atoms with E-state index in [9.17, 15) is 4.79 Å². The summed E-state index contributed by atoms with van der Waals surface area (Å²) in [7, 11) is 3.48. The van der Waals surface area contributed by atoms with Crippen molar-refractivity contribution in [3.63, 3.8) is 0 Å². The van der Waals surface area contributed by atoms with Crippen molar-refractivity contribution < 1.29 is 4.79 Å². The van der Waals surface area contributed by atoms with E-state index < -0.39 is 0 Å². The fourth-order valence-corrected chi connectivity index (χ4v) is 3.13. The summed E-state index contributed by atoms with van der Waals surface area (Å²) < 4.78 is 2.10. The fourth-order valence-electron chi connectivity index (χ4n) is 3.13. The summed E-state index contributed by atoms with van der Waals surface area (Å²) in [5, 5.41) is 9.00. The summed E-state index contributed by atoms with van der Waals surface area (Å²) >= 11 is 0. The van der Waals surface area contributed by atoms with Gasteiger partial charge in [-0.2, -0.15) is 5.10 Å². The number of likely N-dealkylation sites (tertiary alicyclic amines) is 1. The van der Waals surface area contributed by atoms with Crippen molar-refractivity contribution in [1.29, 1.82) is 0 Å². The van der Waals surface area contributed by atoms with E-state index in [0.717, 1.165) is 36.4 Å². The SMILES string of the molecule is C=CCNC(=NCC(=O)N(C)C)N1CCC(n2ncc3ccccc32)C1. The van der Waals surface area contributed by atoms with Gasteiger partial charge in [0.15, 0.2) is 5.96 Å². The van der Waals surface area contributed by atoms with Crippen LogP contribution in [0.4, 0.5) is 0 Å². The fraction of sp³-hybridized carbons (Fsp3) is 0.421. The zero-order chi connectivity index (χ0) is 18.5. The second-order valence-electron chi connectivity index (χ2n) is 6.63. The van der Waals surface area contributed by atoms with Gasteiger partial charge in [0, 0.05) is 39.1 Å². The number of para-hydroxylation sites is 1. The van der Waals surface area contributed by atoms with Crippen LogP contribution in [-0.4, -0.2) is 71.7 Å². The Morgan fingerprint density at radius 3 is 3.04 bits per heavy atom. The van der Waals surface area contributed by atoms with E-state index in [2.05, 4.69) is 43.7 Å². The quantitative estimate of drug-likeness (QED) is 0.502. The maximum Gasteiger partial charge on any atom is 0.243 e. The lowest BCUT2D eigenvalue weighted by atomic mass is 10.2. The van der Waals surface area contributed by atoms with Crippen LogP contribution in [0.1, 0.15) is 12.5 Å². The number of amides is 1. The van der Waals surface area contributed by atoms with Crippen molar-refractivity contribution in [1.82, 2.24) is 24.9 Å². The first-order valence-electron chi connectivity index (χ1n) is 8.86. The predicted molar refractivity (Wildman–Crippen MR) is 104 cm³/mol. The summed E-state index contributed by atoms with van der Waals surface area (Å²) in [6.45, 7) is 6.18. The van der Waals surface area contributed by atoms with Crippen LogP contribution in [0.3, 0.4) is 0 Å². The summed E-state index contributed by atoms with van der Waals surface area (Å²) in [5.74, 6) is 0.732. The lowest BCUT2D eigenvalue weighted by Gasteiger charge is -2.22. The highest BCUT2D eigenvalue weighted by molar-refractivity contribution is 5.85. The van der Waals surface area contributed by atoms with E-state index in [1.54, 1.807) is 25.1 Å². The number of aliphatic imine (C=N–C) groups is 1. The summed E-state index contributed by atoms with van der Waals surface area (Å²) in [4.78, 5) is 20.1. The Morgan fingerprint density at radius 2 is 2.27 bits per heavy atom. The molecule has 1 aromatic heterocycles. The molecule has 0 spiro atoms. The van der Waals surface area contributed by atoms with E-state index in [0.29, 0.717) is 6.54 Å². The highest BCUT2D eigenvalue weighted by atomic mass is 16.2. The first-order valence-corrected chi connectivity index (χ1v) is 8.86. The zero-order valence-electron chi connectivity index (χ0n) is 15.4. The molecular weight excluding hydrogens is 328 g/mol. The largest absolute Gasteiger partial charge is 0.353 e. The van der Waals surface area contributed by atoms with Crippen molar-refractivity contribution in [2.45, 2.75) is 12.5 Å². The Labute approximate surface area is 154 Å². The van der Waals surface area contributed by atoms with Crippen molar-refractivity contribution >= 4 is 22.8 Å². The Hall–Kier alpha value is -2.83. The van der Waals surface area contributed by atoms with Gasteiger partial charge in [0.1, 0.15) is 6.54 Å². The molecule has 0 radical (unpaired) electrons. The standard InChI is InChI=1S/C19H26N6O/c1-4-10-20-19(21-13-18(26)23(2)3)24-11-9-16(14-24)25-17-8-6-5-7-15(17)12-22-25/h4-8,12,16H,1,9-11,13-14H2,2-3H3,(H,20,21). The molecule has 26 heavy (non-hydrogen) atoms. The maximum atomic E-state index is 11.9. The molecule has 1 N–H and O–H groups in total. The number of hydrogen-bond donors (Lipinski definition) is 1. The minimum absolute atomic E-state index is 0.0169. The van der Waals surface area contributed by atoms with Gasteiger partial charge in [0.2, 0.25) is 5.91 Å². The molecule has 2 heterocycles. The highest BCUT2D eigenvalue weighted by Gasteiger charge is 2.27. The minimum Gasteiger partial charge on any atom is -0.353 e. The van der Waals surface area contributed by atoms with Crippen molar-refractivity contribution in [2.75, 3.05) is 40.3 Å². The number of likely N-dealkylation sites (N-methyl/N-ethyl adjacent to an activating group) is 1. The van der Waals surface area contributed by atoms with E-state index >= 15 is 0 Å². The molecule has 1 saturated heterocycles. The van der Waals surface area contributed by atoms with Gasteiger partial charge in [-0.15, -0.1) is 6.58 Å². The summed E-state index contributed by atoms with van der Waals surface area (Å²) in [5.41, 5.74) is 1.15. The van der Waals surface area contributed by atoms with Crippen LogP contribution in [0, 0.1) is 0 Å². The van der Waals surface area contributed by atoms with Gasteiger partial charge in [-0.05, 0) is 12.5 Å². The van der Waals surface area contributed by atoms with Gasteiger partial charge in [-0.25, -0.2) is 4.99 Å². The van der Waals surface area contributed by atoms with E-state index in [-0.39, 0.29) is 18.5 Å². The van der Waals surface area contributed by atoms with Crippen molar-refractivity contribution in [3.05, 3.63) is 43.1 Å². The predicted octanol–water partition coefficient (Wildman–Crippen LogP) is 1.50. The average molecular weight is 354 g/mol. The molecule has 1 atom stereocenters. The van der Waals surface area contributed by atoms with Crippen LogP contribution in [-0.2, 0) is 4.79 Å². The number of benzene rings is 1. The number of nitrogens with zero attached hydrogens (tertiary/aromatic N) is 5. The smallest absolute Gasteiger partial charge is 0.243 e. The first-order chi connectivity index (χ1) is 12.6. The Bertz CT molecular complexity index is 809. The lowest BCUT2D eigenvalue weighted by molar-refractivity contribution is -0.127. The van der Waals surface area contributed by atoms with Crippen LogP contribution in [0.15, 0.2) is 48.1 Å². The van der Waals surface area contributed by atoms with Gasteiger partial charge in [0.25, 0.3) is 0 Å². The molecule has 1 aliphatic rings. The van der Waals surface area contributed by atoms with Gasteiger partial charge in [-0.3, -0.25) is 9.48 Å². The van der Waals surface area contributed by atoms with E-state index in [1.807, 2.05) is 18.3 Å². The number of hydrogen-bond acceptors (Lipinski definition) is 3. The zero-order valence-corrected chi connectivity index (χ0v) is 15.4. The molecule has 0 aliphatic carbocycles. The topological polar surface area (TPSA) is 65.8 Å². The molecular formula is C19H26N6O. The van der Waals surface area contributed by atoms with Gasteiger partial charge < -0.3 is 15.1 Å². The number of aromatic nitrogens is 2.